The molecule has 0 aliphatic carbocycles. The van der Waals surface area contributed by atoms with E-state index in [1.165, 1.54) is 4.88 Å². The molecule has 2 atom stereocenters. The fourth-order valence-electron chi connectivity index (χ4n) is 4.45. The van der Waals surface area contributed by atoms with Gasteiger partial charge >= 0.3 is 0 Å². The number of benzene rings is 1. The number of aromatic amines is 1. The maximum Gasteiger partial charge on any atom is 0.209 e. The summed E-state index contributed by atoms with van der Waals surface area (Å²) in [7, 11) is 0. The molecule has 1 saturated heterocycles. The van der Waals surface area contributed by atoms with Gasteiger partial charge in [0.25, 0.3) is 0 Å². The van der Waals surface area contributed by atoms with Gasteiger partial charge in [0.1, 0.15) is 10.8 Å². The van der Waals surface area contributed by atoms with Crippen molar-refractivity contribution in [1.82, 2.24) is 30.5 Å². The molecule has 0 bridgehead atoms. The molecule has 3 heterocycles. The maximum atomic E-state index is 15.2. The summed E-state index contributed by atoms with van der Waals surface area (Å²) >= 11 is 1.76. The molecule has 2 aromatic heterocycles. The van der Waals surface area contributed by atoms with Crippen LogP contribution in [0.1, 0.15) is 49.2 Å². The molecule has 3 aromatic rings. The van der Waals surface area contributed by atoms with Crippen LogP contribution < -0.4 is 4.90 Å². The Morgan fingerprint density at radius 2 is 2.06 bits per heavy atom. The van der Waals surface area contributed by atoms with Crippen LogP contribution in [-0.2, 0) is 6.42 Å². The highest BCUT2D eigenvalue weighted by molar-refractivity contribution is 7.11. The SMILES string of the molecule is Cc1cnc(C(C)N2CCN(c3cc(CC(C)C)cc(F)c3-c3nn[nH]n3)C[C@@H]2C)s1. The van der Waals surface area contributed by atoms with Crippen LogP contribution in [0.2, 0.25) is 0 Å². The average Bonchev–Trinajstić information content (AvgIpc) is 3.38. The van der Waals surface area contributed by atoms with Crippen LogP contribution >= 0.6 is 11.3 Å². The lowest BCUT2D eigenvalue weighted by Crippen LogP contribution is -2.52. The number of nitrogens with one attached hydrogen (secondary N) is 1. The zero-order valence-electron chi connectivity index (χ0n) is 18.8. The van der Waals surface area contributed by atoms with Gasteiger partial charge in [-0.1, -0.05) is 13.8 Å². The van der Waals surface area contributed by atoms with Gasteiger partial charge in [0.15, 0.2) is 0 Å². The quantitative estimate of drug-likeness (QED) is 0.614. The fraction of sp³-hybridized carbons (Fsp3) is 0.545. The average molecular weight is 444 g/mol. The van der Waals surface area contributed by atoms with E-state index in [1.807, 2.05) is 6.20 Å². The van der Waals surface area contributed by atoms with Crippen LogP contribution in [-0.4, -0.2) is 56.2 Å². The van der Waals surface area contributed by atoms with Crippen molar-refractivity contribution < 1.29 is 4.39 Å². The Kier molecular flexibility index (Phi) is 6.34. The van der Waals surface area contributed by atoms with Crippen molar-refractivity contribution in [2.75, 3.05) is 24.5 Å². The number of aromatic nitrogens is 5. The van der Waals surface area contributed by atoms with Gasteiger partial charge in [-0.25, -0.2) is 9.37 Å². The number of halogens is 1. The van der Waals surface area contributed by atoms with E-state index in [4.69, 9.17) is 0 Å². The van der Waals surface area contributed by atoms with E-state index in [2.05, 4.69) is 76.1 Å². The van der Waals surface area contributed by atoms with Gasteiger partial charge in [0.05, 0.1) is 17.3 Å². The van der Waals surface area contributed by atoms with Gasteiger partial charge in [-0.05, 0) is 56.0 Å². The molecular weight excluding hydrogens is 413 g/mol. The molecule has 1 aromatic carbocycles. The summed E-state index contributed by atoms with van der Waals surface area (Å²) in [5.41, 5.74) is 2.27. The first-order valence-corrected chi connectivity index (χ1v) is 11.6. The van der Waals surface area contributed by atoms with Gasteiger partial charge in [0.2, 0.25) is 5.82 Å². The smallest absolute Gasteiger partial charge is 0.209 e. The molecular formula is C22H30FN7S. The second-order valence-corrected chi connectivity index (χ2v) is 10.1. The first-order valence-electron chi connectivity index (χ1n) is 10.8. The molecule has 4 rings (SSSR count). The maximum absolute atomic E-state index is 15.2. The van der Waals surface area contributed by atoms with E-state index in [1.54, 1.807) is 17.4 Å². The van der Waals surface area contributed by atoms with Crippen LogP contribution in [0, 0.1) is 18.7 Å². The lowest BCUT2D eigenvalue weighted by molar-refractivity contribution is 0.138. The summed E-state index contributed by atoms with van der Waals surface area (Å²) in [4.78, 5) is 10.6. The number of anilines is 1. The first-order chi connectivity index (χ1) is 14.8. The van der Waals surface area contributed by atoms with E-state index in [-0.39, 0.29) is 11.9 Å². The number of aryl methyl sites for hydroxylation is 1. The lowest BCUT2D eigenvalue weighted by atomic mass is 9.98. The van der Waals surface area contributed by atoms with E-state index >= 15 is 4.39 Å². The molecule has 31 heavy (non-hydrogen) atoms. The van der Waals surface area contributed by atoms with Crippen LogP contribution in [0.25, 0.3) is 11.4 Å². The summed E-state index contributed by atoms with van der Waals surface area (Å²) in [6.45, 7) is 13.3. The third-order valence-electron chi connectivity index (χ3n) is 5.86. The van der Waals surface area contributed by atoms with Crippen LogP contribution in [0.3, 0.4) is 0 Å². The third kappa shape index (κ3) is 4.62. The van der Waals surface area contributed by atoms with Gasteiger partial charge in [-0.15, -0.1) is 21.5 Å². The number of H-pyrrole nitrogens is 1. The number of hydrogen-bond donors (Lipinski definition) is 1. The molecule has 0 amide bonds. The molecule has 1 unspecified atom stereocenters. The number of nitrogens with zero attached hydrogens (tertiary/aromatic N) is 6. The number of rotatable bonds is 6. The van der Waals surface area contributed by atoms with Crippen molar-refractivity contribution in [3.8, 4) is 11.4 Å². The number of thiazole rings is 1. The minimum atomic E-state index is -0.295. The van der Waals surface area contributed by atoms with E-state index in [0.717, 1.165) is 42.3 Å². The molecule has 166 valence electrons. The Hall–Kier alpha value is -2.39. The predicted octanol–water partition coefficient (Wildman–Crippen LogP) is 4.24. The van der Waals surface area contributed by atoms with Crippen LogP contribution in [0.15, 0.2) is 18.3 Å². The zero-order valence-corrected chi connectivity index (χ0v) is 19.6. The standard InChI is InChI=1S/C22H30FN7S/c1-13(2)8-17-9-18(23)20(21-25-27-28-26-21)19(10-17)29-6-7-30(14(3)12-29)16(5)22-24-11-15(4)31-22/h9-11,13-14,16H,6-8,12H2,1-5H3,(H,25,26,27,28)/t14-,16?/m0/s1. The van der Waals surface area contributed by atoms with E-state index in [0.29, 0.717) is 23.3 Å². The molecule has 1 N–H and O–H groups in total. The third-order valence-corrected chi connectivity index (χ3v) is 6.94. The van der Waals surface area contributed by atoms with Crippen LogP contribution in [0.4, 0.5) is 10.1 Å². The number of piperazine rings is 1. The Morgan fingerprint density at radius 1 is 1.26 bits per heavy atom. The highest BCUT2D eigenvalue weighted by atomic mass is 32.1. The van der Waals surface area contributed by atoms with Crippen molar-refractivity contribution >= 4 is 17.0 Å². The largest absolute Gasteiger partial charge is 0.368 e. The van der Waals surface area contributed by atoms with Crippen molar-refractivity contribution in [1.29, 1.82) is 0 Å². The second kappa shape index (κ2) is 9.00. The van der Waals surface area contributed by atoms with E-state index < -0.39 is 0 Å². The summed E-state index contributed by atoms with van der Waals surface area (Å²) in [5.74, 6) is 0.447. The summed E-state index contributed by atoms with van der Waals surface area (Å²) in [6.07, 6.45) is 2.77. The molecule has 1 aliphatic heterocycles. The van der Waals surface area contributed by atoms with Crippen molar-refractivity contribution in [2.24, 2.45) is 5.92 Å². The highest BCUT2D eigenvalue weighted by Crippen LogP contribution is 2.36. The van der Waals surface area contributed by atoms with Crippen molar-refractivity contribution in [2.45, 2.75) is 53.1 Å². The Bertz CT molecular complexity index is 1020. The minimum absolute atomic E-state index is 0.261. The predicted molar refractivity (Wildman–Crippen MR) is 122 cm³/mol. The fourth-order valence-corrected chi connectivity index (χ4v) is 5.29. The normalized spacial score (nSPS) is 18.7. The second-order valence-electron chi connectivity index (χ2n) is 8.82. The van der Waals surface area contributed by atoms with E-state index in [9.17, 15) is 0 Å². The molecule has 0 spiro atoms. The first kappa shape index (κ1) is 21.8. The van der Waals surface area contributed by atoms with Crippen molar-refractivity contribution in [3.05, 3.63) is 39.6 Å². The number of tetrazole rings is 1. The van der Waals surface area contributed by atoms with Crippen LogP contribution in [0.5, 0.6) is 0 Å². The zero-order chi connectivity index (χ0) is 22.1. The summed E-state index contributed by atoms with van der Waals surface area (Å²) in [6, 6.07) is 4.27. The minimum Gasteiger partial charge on any atom is -0.368 e. The van der Waals surface area contributed by atoms with Gasteiger partial charge < -0.3 is 4.90 Å². The molecule has 9 heteroatoms. The highest BCUT2D eigenvalue weighted by Gasteiger charge is 2.31. The molecule has 7 nitrogen and oxygen atoms in total. The monoisotopic (exact) mass is 443 g/mol. The topological polar surface area (TPSA) is 73.8 Å². The molecule has 0 saturated carbocycles. The number of hydrogen-bond acceptors (Lipinski definition) is 7. The lowest BCUT2D eigenvalue weighted by Gasteiger charge is -2.43. The van der Waals surface area contributed by atoms with Crippen molar-refractivity contribution in [3.63, 3.8) is 0 Å². The van der Waals surface area contributed by atoms with Gasteiger partial charge in [0, 0.05) is 36.8 Å². The molecule has 1 aliphatic rings. The summed E-state index contributed by atoms with van der Waals surface area (Å²) < 4.78 is 15.2. The van der Waals surface area contributed by atoms with Gasteiger partial charge in [-0.3, -0.25) is 4.90 Å². The Balaban J connectivity index is 1.62. The Labute approximate surface area is 186 Å². The molecule has 0 radical (unpaired) electrons. The summed E-state index contributed by atoms with van der Waals surface area (Å²) in [5, 5.41) is 15.4. The van der Waals surface area contributed by atoms with Gasteiger partial charge in [-0.2, -0.15) is 5.21 Å². The Morgan fingerprint density at radius 3 is 2.68 bits per heavy atom. The molecule has 1 fully saturated rings.